The summed E-state index contributed by atoms with van der Waals surface area (Å²) < 4.78 is 38.6. The first-order valence-corrected chi connectivity index (χ1v) is 17.8. The van der Waals surface area contributed by atoms with Crippen molar-refractivity contribution in [3.05, 3.63) is 0 Å². The van der Waals surface area contributed by atoms with E-state index in [1.54, 1.807) is 0 Å². The predicted molar refractivity (Wildman–Crippen MR) is 143 cm³/mol. The number of carboxylic acid groups (broad SMARTS) is 2. The molecule has 4 heterocycles. The van der Waals surface area contributed by atoms with E-state index in [1.807, 2.05) is 0 Å². The maximum atomic E-state index is 11.5. The molecule has 31 heteroatoms. The molecular weight excluding hydrogens is 873 g/mol. The molecule has 0 spiro atoms. The van der Waals surface area contributed by atoms with Crippen LogP contribution in [-0.2, 0) is 29.0 Å². The third-order valence-corrected chi connectivity index (χ3v) is 25.3. The van der Waals surface area contributed by atoms with Crippen molar-refractivity contribution < 1.29 is 120 Å². The third kappa shape index (κ3) is 14.6. The van der Waals surface area contributed by atoms with E-state index in [9.17, 15) is 30.0 Å². The summed E-state index contributed by atoms with van der Waals surface area (Å²) in [4.78, 5) is 22.9. The minimum atomic E-state index is -5.26. The van der Waals surface area contributed by atoms with Gasteiger partial charge in [0.05, 0.1) is 0 Å². The Morgan fingerprint density at radius 1 is 0.558 bits per heavy atom. The predicted octanol–water partition coefficient (Wildman–Crippen LogP) is -15.6. The van der Waals surface area contributed by atoms with Crippen molar-refractivity contribution in [3.63, 3.8) is 0 Å². The molecule has 8 atom stereocenters. The standard InChI is InChI=1S/2C6H9O7.3Na.11H2O.O.2Sb.2H/c2*7-1-2(8)3(9)4(10)5(11)6(12)13;;;;;;;;;;;;;;;;;;;/h2*2-5,7-8H,1H2,(H,12,13);;;;11*1H2;;;;;/q2*-3;;;;;;;;;;;;;;;;2*+3;;. The number of carbonyl (C=O) groups is 2. The molecule has 0 aromatic heterocycles. The first-order chi connectivity index (χ1) is 13.6. The van der Waals surface area contributed by atoms with E-state index in [4.69, 9.17) is 29.6 Å². The quantitative estimate of drug-likeness (QED) is 0.123. The van der Waals surface area contributed by atoms with Crippen LogP contribution in [0.15, 0.2) is 0 Å². The van der Waals surface area contributed by atoms with Crippen LogP contribution in [0.4, 0.5) is 0 Å². The van der Waals surface area contributed by atoms with Gasteiger partial charge in [-0.2, -0.15) is 0 Å². The maximum Gasteiger partial charge on any atom is 0 e. The van der Waals surface area contributed by atoms with Gasteiger partial charge in [0.15, 0.2) is 0 Å². The van der Waals surface area contributed by atoms with Gasteiger partial charge >= 0.3 is 175 Å². The van der Waals surface area contributed by atoms with Crippen molar-refractivity contribution in [1.29, 1.82) is 0 Å². The maximum absolute atomic E-state index is 11.5. The van der Waals surface area contributed by atoms with Crippen molar-refractivity contribution in [2.24, 2.45) is 0 Å². The smallest absolute Gasteiger partial charge is 0 e. The van der Waals surface area contributed by atoms with E-state index < -0.39 is 115 Å². The molecule has 4 saturated heterocycles. The molecule has 4 fully saturated rings. The molecule has 0 saturated carbocycles. The number of hydrogen-bond donors (Lipinski definition) is 6. The van der Waals surface area contributed by atoms with Gasteiger partial charge in [0, 0.05) is 88.7 Å². The molecule has 0 aliphatic carbocycles. The number of aliphatic hydroxyl groups is 4. The molecule has 4 aliphatic heterocycles. The Morgan fingerprint density at radius 3 is 1.02 bits per heavy atom. The van der Waals surface area contributed by atoms with Gasteiger partial charge in [0.25, 0.3) is 0 Å². The van der Waals surface area contributed by atoms with Gasteiger partial charge in [-0.1, -0.05) is 0 Å². The van der Waals surface area contributed by atoms with Crippen LogP contribution in [0.5, 0.6) is 0 Å². The number of aliphatic carboxylic acids is 2. The summed E-state index contributed by atoms with van der Waals surface area (Å²) in [6, 6.07) is 0. The van der Waals surface area contributed by atoms with Crippen LogP contribution in [0.3, 0.4) is 0 Å². The Kier molecular flexibility index (Phi) is 52.2. The van der Waals surface area contributed by atoms with Crippen LogP contribution in [0.25, 0.3) is 0 Å². The molecule has 43 heavy (non-hydrogen) atoms. The Labute approximate surface area is 319 Å². The van der Waals surface area contributed by atoms with Crippen molar-refractivity contribution in [2.45, 2.75) is 48.8 Å². The second kappa shape index (κ2) is 29.6. The first-order valence-electron chi connectivity index (χ1n) is 8.45. The molecule has 0 aromatic carbocycles. The van der Waals surface area contributed by atoms with Crippen LogP contribution in [0.2, 0.25) is 0 Å². The number of rotatable bonds is 8. The zero-order valence-corrected chi connectivity index (χ0v) is 34.6. The summed E-state index contributed by atoms with van der Waals surface area (Å²) in [6.45, 7) is -1.49. The van der Waals surface area contributed by atoms with Gasteiger partial charge in [-0.15, -0.1) is 0 Å². The summed E-state index contributed by atoms with van der Waals surface area (Å²) in [6.07, 6.45) is -11.2. The molecule has 0 aromatic rings. The zero-order chi connectivity index (χ0) is 21.1. The molecule has 4 rings (SSSR count). The van der Waals surface area contributed by atoms with E-state index in [0.717, 1.165) is 0 Å². The van der Waals surface area contributed by atoms with Crippen LogP contribution < -0.4 is 0 Å². The van der Waals surface area contributed by atoms with Gasteiger partial charge in [0.1, 0.15) is 0 Å². The Morgan fingerprint density at radius 2 is 0.814 bits per heavy atom. The molecule has 4 aliphatic rings. The van der Waals surface area contributed by atoms with E-state index in [0.29, 0.717) is 0 Å². The number of carboxylic acids is 2. The average molecular weight is 915 g/mol. The average Bonchev–Trinajstić information content (AvgIpc) is 3.42. The Hall–Kier alpha value is 2.70. The number of aliphatic hydroxyl groups excluding tert-OH is 4. The van der Waals surface area contributed by atoms with E-state index in [2.05, 4.69) is 0 Å². The summed E-state index contributed by atoms with van der Waals surface area (Å²) in [7, 11) is 0. The van der Waals surface area contributed by atoms with Gasteiger partial charge in [-0.3, -0.25) is 0 Å². The molecule has 26 nitrogen and oxygen atoms in total. The summed E-state index contributed by atoms with van der Waals surface area (Å²) in [5.74, 6) is -2.84. The van der Waals surface area contributed by atoms with Gasteiger partial charge in [-0.25, -0.2) is 0 Å². The Balaban J connectivity index is -0.0000000813. The first kappa shape index (κ1) is 75.8. The summed E-state index contributed by atoms with van der Waals surface area (Å²) in [5.41, 5.74) is 0. The number of hydrogen-bond acceptors (Lipinski definition) is 13. The van der Waals surface area contributed by atoms with Gasteiger partial charge < -0.3 is 60.2 Å². The zero-order valence-electron chi connectivity index (χ0n) is 22.9. The summed E-state index contributed by atoms with van der Waals surface area (Å²) in [5, 5.41) is 56.8. The molecule has 8 unspecified atom stereocenters. The minimum Gasteiger partial charge on any atom is 0 e. The normalized spacial score (nSPS) is 29.0. The fourth-order valence-corrected chi connectivity index (χ4v) is 27.6. The third-order valence-electron chi connectivity index (χ3n) is 4.78. The molecular formula is C12H42Na3O26Sb2. The summed E-state index contributed by atoms with van der Waals surface area (Å²) >= 11 is -10.5. The molecule has 3 radical (unpaired) electrons. The molecule has 4 bridgehead atoms. The van der Waals surface area contributed by atoms with Crippen molar-refractivity contribution in [2.75, 3.05) is 13.2 Å². The molecule has 28 N–H and O–H groups in total. The van der Waals surface area contributed by atoms with Crippen molar-refractivity contribution in [1.82, 2.24) is 0 Å². The fourth-order valence-electron chi connectivity index (χ4n) is 3.50. The largest absolute Gasteiger partial charge is 0 e. The van der Waals surface area contributed by atoms with Crippen LogP contribution in [-0.4, -0.2) is 295 Å². The van der Waals surface area contributed by atoms with Crippen LogP contribution in [0.1, 0.15) is 0 Å². The SMILES string of the molecule is O.O.O.O.O.O.O.O.O.O.O.O=C(O)C1[O][SbH]2([O][SbH]34[O]C(C(=O)O)C([O]3)C(C(O)CO)[O]4)[O]C(C(O)CO)C1[O]2.[Na].[Na].[Na]. The second-order valence-electron chi connectivity index (χ2n) is 6.69. The minimum absolute atomic E-state index is 0. The van der Waals surface area contributed by atoms with Gasteiger partial charge in [0.2, 0.25) is 0 Å². The molecule has 259 valence electrons. The second-order valence-corrected chi connectivity index (χ2v) is 20.9. The van der Waals surface area contributed by atoms with Gasteiger partial charge in [-0.05, 0) is 0 Å². The van der Waals surface area contributed by atoms with Crippen molar-refractivity contribution >= 4 is 142 Å². The van der Waals surface area contributed by atoms with Crippen molar-refractivity contribution in [3.8, 4) is 0 Å². The monoisotopic (exact) mass is 913 g/mol. The topological polar surface area (TPSA) is 567 Å². The van der Waals surface area contributed by atoms with E-state index in [1.165, 1.54) is 0 Å². The Bertz CT molecular complexity index is 662. The van der Waals surface area contributed by atoms with E-state index in [-0.39, 0.29) is 149 Å². The van der Waals surface area contributed by atoms with Crippen LogP contribution in [0, 0.1) is 0 Å². The van der Waals surface area contributed by atoms with Crippen LogP contribution >= 0.6 is 0 Å². The number of fused-ring (bicyclic) bond motifs is 4. The fraction of sp³-hybridized carbons (Fsp3) is 0.833. The molecule has 0 amide bonds. The van der Waals surface area contributed by atoms with E-state index >= 15 is 0 Å².